The second-order valence-electron chi connectivity index (χ2n) is 6.40. The molecule has 0 aromatic heterocycles. The fourth-order valence-electron chi connectivity index (χ4n) is 2.97. The van der Waals surface area contributed by atoms with Crippen LogP contribution in [0.25, 0.3) is 0 Å². The summed E-state index contributed by atoms with van der Waals surface area (Å²) in [5, 5.41) is 2.67. The second-order valence-corrected chi connectivity index (χ2v) is 6.40. The van der Waals surface area contributed by atoms with Crippen LogP contribution in [0.3, 0.4) is 0 Å². The van der Waals surface area contributed by atoms with Gasteiger partial charge in [0.25, 0.3) is 0 Å². The van der Waals surface area contributed by atoms with Crippen LogP contribution in [0.2, 0.25) is 0 Å². The molecule has 5 nitrogen and oxygen atoms in total. The smallest absolute Gasteiger partial charge is 0.404 e. The minimum Gasteiger partial charge on any atom is -0.404 e. The van der Waals surface area contributed by atoms with Crippen molar-refractivity contribution < 1.29 is 17.9 Å². The van der Waals surface area contributed by atoms with E-state index in [4.69, 9.17) is 5.73 Å². The molecule has 0 unspecified atom stereocenters. The Hall–Kier alpha value is -1.23. The van der Waals surface area contributed by atoms with E-state index in [0.717, 1.165) is 25.8 Å². The number of nitrogens with one attached hydrogen (secondary N) is 1. The molecular weight excluding hydrogens is 472 g/mol. The number of halogens is 4. The molecule has 9 heteroatoms. The van der Waals surface area contributed by atoms with E-state index in [-0.39, 0.29) is 41.4 Å². The van der Waals surface area contributed by atoms with Gasteiger partial charge in [0.1, 0.15) is 0 Å². The summed E-state index contributed by atoms with van der Waals surface area (Å²) in [7, 11) is 0. The van der Waals surface area contributed by atoms with Gasteiger partial charge in [0.15, 0.2) is 11.7 Å². The topological polar surface area (TPSA) is 62.9 Å². The molecule has 27 heavy (non-hydrogen) atoms. The second kappa shape index (κ2) is 12.3. The fraction of sp³-hybridized carbons (Fsp3) is 0.611. The van der Waals surface area contributed by atoms with Crippen molar-refractivity contribution in [2.45, 2.75) is 44.9 Å². The molecule has 0 spiro atoms. The zero-order valence-electron chi connectivity index (χ0n) is 15.3. The molecule has 0 saturated carbocycles. The lowest BCUT2D eigenvalue weighted by molar-refractivity contribution is -0.274. The highest BCUT2D eigenvalue weighted by atomic mass is 127. The summed E-state index contributed by atoms with van der Waals surface area (Å²) in [5.74, 6) is -0.251. The van der Waals surface area contributed by atoms with Gasteiger partial charge in [0, 0.05) is 6.54 Å². The number of benzene rings is 1. The summed E-state index contributed by atoms with van der Waals surface area (Å²) in [6.07, 6.45) is 2.27. The highest BCUT2D eigenvalue weighted by Gasteiger charge is 2.32. The molecular formula is C18H28F3IN4O. The van der Waals surface area contributed by atoms with Gasteiger partial charge in [0.05, 0.1) is 5.69 Å². The molecule has 0 radical (unpaired) electrons. The van der Waals surface area contributed by atoms with Crippen molar-refractivity contribution in [2.24, 2.45) is 10.7 Å². The average molecular weight is 500 g/mol. The van der Waals surface area contributed by atoms with Gasteiger partial charge < -0.3 is 20.7 Å². The molecule has 1 saturated heterocycles. The van der Waals surface area contributed by atoms with Crippen LogP contribution in [0.4, 0.5) is 18.9 Å². The van der Waals surface area contributed by atoms with E-state index in [1.807, 2.05) is 0 Å². The Labute approximate surface area is 175 Å². The molecule has 1 fully saturated rings. The van der Waals surface area contributed by atoms with Crippen LogP contribution >= 0.6 is 24.0 Å². The number of aliphatic imine (C=N–C) groups is 1. The lowest BCUT2D eigenvalue weighted by atomic mass is 10.1. The number of guanidine groups is 1. The predicted molar refractivity (Wildman–Crippen MR) is 113 cm³/mol. The first-order valence-electron chi connectivity index (χ1n) is 9.08. The third kappa shape index (κ3) is 10.0. The number of nitrogens with zero attached hydrogens (tertiary/aromatic N) is 2. The van der Waals surface area contributed by atoms with Crippen molar-refractivity contribution in [2.75, 3.05) is 31.5 Å². The molecule has 0 aliphatic carbocycles. The quantitative estimate of drug-likeness (QED) is 0.237. The number of hydrogen-bond acceptors (Lipinski definition) is 3. The number of likely N-dealkylation sites (tertiary alicyclic amines) is 1. The molecule has 1 aromatic rings. The van der Waals surface area contributed by atoms with E-state index in [9.17, 15) is 13.2 Å². The summed E-state index contributed by atoms with van der Waals surface area (Å²) in [5.41, 5.74) is 5.90. The third-order valence-corrected chi connectivity index (χ3v) is 4.24. The van der Waals surface area contributed by atoms with Crippen LogP contribution in [0, 0.1) is 0 Å². The molecule has 154 valence electrons. The van der Waals surface area contributed by atoms with E-state index >= 15 is 0 Å². The largest absolute Gasteiger partial charge is 0.573 e. The SMILES string of the molecule is I.NC(=NCCCCCN1CCCCC1)Nc1ccccc1OC(F)(F)F. The van der Waals surface area contributed by atoms with Gasteiger partial charge in [0.2, 0.25) is 0 Å². The number of nitrogens with two attached hydrogens (primary N) is 1. The number of unbranched alkanes of at least 4 members (excludes halogenated alkanes) is 2. The average Bonchev–Trinajstić information content (AvgIpc) is 2.59. The normalized spacial score (nSPS) is 15.9. The van der Waals surface area contributed by atoms with Crippen LogP contribution < -0.4 is 15.8 Å². The van der Waals surface area contributed by atoms with E-state index < -0.39 is 6.36 Å². The summed E-state index contributed by atoms with van der Waals surface area (Å²) in [4.78, 5) is 6.67. The van der Waals surface area contributed by atoms with Crippen molar-refractivity contribution in [3.8, 4) is 5.75 Å². The summed E-state index contributed by atoms with van der Waals surface area (Å²) in [6, 6.07) is 5.74. The van der Waals surface area contributed by atoms with Gasteiger partial charge >= 0.3 is 6.36 Å². The molecule has 1 heterocycles. The molecule has 0 bridgehead atoms. The molecule has 3 N–H and O–H groups in total. The minimum atomic E-state index is -4.75. The lowest BCUT2D eigenvalue weighted by Gasteiger charge is -2.26. The first-order valence-corrected chi connectivity index (χ1v) is 9.08. The summed E-state index contributed by atoms with van der Waals surface area (Å²) in [6.45, 7) is 4.07. The zero-order chi connectivity index (χ0) is 18.8. The zero-order valence-corrected chi connectivity index (χ0v) is 17.6. The van der Waals surface area contributed by atoms with Crippen molar-refractivity contribution in [1.29, 1.82) is 0 Å². The van der Waals surface area contributed by atoms with Crippen molar-refractivity contribution in [3.05, 3.63) is 24.3 Å². The molecule has 1 aliphatic rings. The van der Waals surface area contributed by atoms with Gasteiger partial charge in [-0.3, -0.25) is 4.99 Å². The minimum absolute atomic E-state index is 0. The van der Waals surface area contributed by atoms with Crippen molar-refractivity contribution in [3.63, 3.8) is 0 Å². The molecule has 2 rings (SSSR count). The monoisotopic (exact) mass is 500 g/mol. The first kappa shape index (κ1) is 23.8. The summed E-state index contributed by atoms with van der Waals surface area (Å²) >= 11 is 0. The van der Waals surface area contributed by atoms with E-state index in [0.29, 0.717) is 6.54 Å². The highest BCUT2D eigenvalue weighted by molar-refractivity contribution is 14.0. The predicted octanol–water partition coefficient (Wildman–Crippen LogP) is 4.59. The van der Waals surface area contributed by atoms with Crippen LogP contribution in [-0.2, 0) is 0 Å². The maximum absolute atomic E-state index is 12.4. The van der Waals surface area contributed by atoms with Gasteiger partial charge in [-0.05, 0) is 57.5 Å². The molecule has 0 atom stereocenters. The Balaban J connectivity index is 0.00000364. The third-order valence-electron chi connectivity index (χ3n) is 4.24. The van der Waals surface area contributed by atoms with Crippen LogP contribution in [0.1, 0.15) is 38.5 Å². The number of hydrogen-bond donors (Lipinski definition) is 2. The van der Waals surface area contributed by atoms with Crippen LogP contribution in [0.5, 0.6) is 5.75 Å². The van der Waals surface area contributed by atoms with Gasteiger partial charge in [-0.15, -0.1) is 37.1 Å². The van der Waals surface area contributed by atoms with E-state index in [2.05, 4.69) is 19.9 Å². The number of para-hydroxylation sites is 2. The first-order chi connectivity index (χ1) is 12.4. The number of rotatable bonds is 8. The Morgan fingerprint density at radius 1 is 1.11 bits per heavy atom. The highest BCUT2D eigenvalue weighted by Crippen LogP contribution is 2.29. The van der Waals surface area contributed by atoms with Crippen LogP contribution in [-0.4, -0.2) is 43.4 Å². The van der Waals surface area contributed by atoms with Gasteiger partial charge in [-0.1, -0.05) is 25.0 Å². The standard InChI is InChI=1S/C18H27F3N4O.HI/c19-18(20,21)26-16-10-4-3-9-15(16)24-17(22)23-11-5-1-6-12-25-13-7-2-8-14-25;/h3-4,9-10H,1-2,5-8,11-14H2,(H3,22,23,24);1H. The summed E-state index contributed by atoms with van der Waals surface area (Å²) < 4.78 is 41.2. The van der Waals surface area contributed by atoms with Gasteiger partial charge in [-0.25, -0.2) is 0 Å². The molecule has 1 aliphatic heterocycles. The van der Waals surface area contributed by atoms with Crippen molar-refractivity contribution >= 4 is 35.6 Å². The Morgan fingerprint density at radius 2 is 1.81 bits per heavy atom. The number of anilines is 1. The number of piperidine rings is 1. The fourth-order valence-corrected chi connectivity index (χ4v) is 2.97. The number of alkyl halides is 3. The lowest BCUT2D eigenvalue weighted by Crippen LogP contribution is -2.30. The number of ether oxygens (including phenoxy) is 1. The Kier molecular flexibility index (Phi) is 10.8. The maximum Gasteiger partial charge on any atom is 0.573 e. The van der Waals surface area contributed by atoms with Gasteiger partial charge in [-0.2, -0.15) is 0 Å². The van der Waals surface area contributed by atoms with E-state index in [1.54, 1.807) is 6.07 Å². The Bertz CT molecular complexity index is 578. The van der Waals surface area contributed by atoms with Crippen molar-refractivity contribution in [1.82, 2.24) is 4.90 Å². The van der Waals surface area contributed by atoms with Crippen LogP contribution in [0.15, 0.2) is 29.3 Å². The maximum atomic E-state index is 12.4. The molecule has 0 amide bonds. The Morgan fingerprint density at radius 3 is 2.52 bits per heavy atom. The molecule has 1 aromatic carbocycles. The van der Waals surface area contributed by atoms with E-state index in [1.165, 1.54) is 50.6 Å².